The van der Waals surface area contributed by atoms with E-state index in [1.165, 1.54) is 18.2 Å². The first-order chi connectivity index (χ1) is 9.47. The number of rotatable bonds is 4. The predicted octanol–water partition coefficient (Wildman–Crippen LogP) is 1.92. The number of nitriles is 1. The lowest BCUT2D eigenvalue weighted by Gasteiger charge is -2.13. The summed E-state index contributed by atoms with van der Waals surface area (Å²) in [6.45, 7) is 0. The second-order valence-corrected chi connectivity index (χ2v) is 4.56. The summed E-state index contributed by atoms with van der Waals surface area (Å²) in [5.74, 6) is 0.965. The number of nitrogens with zero attached hydrogens (tertiary/aromatic N) is 1. The molecule has 7 heteroatoms. The highest BCUT2D eigenvalue weighted by Crippen LogP contribution is 2.23. The number of terminal acetylenes is 1. The highest BCUT2D eigenvalue weighted by molar-refractivity contribution is 9.10. The molecule has 0 aliphatic rings. The zero-order valence-corrected chi connectivity index (χ0v) is 11.8. The van der Waals surface area contributed by atoms with Gasteiger partial charge in [0.05, 0.1) is 17.3 Å². The molecule has 1 aromatic carbocycles. The number of hydrogen-bond acceptors (Lipinski definition) is 3. The quantitative estimate of drug-likeness (QED) is 0.731. The van der Waals surface area contributed by atoms with Gasteiger partial charge in [-0.1, -0.05) is 0 Å². The number of carbonyl (C=O) groups is 2. The minimum atomic E-state index is -1.21. The van der Waals surface area contributed by atoms with Crippen molar-refractivity contribution in [1.82, 2.24) is 5.32 Å². The summed E-state index contributed by atoms with van der Waals surface area (Å²) in [6, 6.07) is 4.69. The lowest BCUT2D eigenvalue weighted by Crippen LogP contribution is -2.42. The predicted molar refractivity (Wildman–Crippen MR) is 75.9 cm³/mol. The van der Waals surface area contributed by atoms with E-state index >= 15 is 0 Å². The molecule has 0 aliphatic carbocycles. The van der Waals surface area contributed by atoms with Crippen LogP contribution in [0, 0.1) is 23.7 Å². The number of benzene rings is 1. The number of carboxylic acid groups (broad SMARTS) is 1. The van der Waals surface area contributed by atoms with Gasteiger partial charge in [-0.25, -0.2) is 9.59 Å². The number of aliphatic carboxylic acids is 1. The Morgan fingerprint density at radius 2 is 2.20 bits per heavy atom. The molecule has 1 atom stereocenters. The molecule has 0 aliphatic heterocycles. The van der Waals surface area contributed by atoms with E-state index < -0.39 is 18.0 Å². The maximum absolute atomic E-state index is 11.7. The number of carbonyl (C=O) groups excluding carboxylic acids is 1. The highest BCUT2D eigenvalue weighted by Gasteiger charge is 2.19. The van der Waals surface area contributed by atoms with Gasteiger partial charge in [-0.3, -0.25) is 0 Å². The van der Waals surface area contributed by atoms with E-state index in [0.717, 1.165) is 0 Å². The van der Waals surface area contributed by atoms with E-state index in [1.54, 1.807) is 0 Å². The fraction of sp³-hybridized carbons (Fsp3) is 0.154. The third-order valence-electron chi connectivity index (χ3n) is 2.27. The van der Waals surface area contributed by atoms with Crippen molar-refractivity contribution >= 4 is 33.6 Å². The molecule has 0 heterocycles. The lowest BCUT2D eigenvalue weighted by atomic mass is 10.2. The van der Waals surface area contributed by atoms with Crippen LogP contribution in [0.1, 0.15) is 12.0 Å². The van der Waals surface area contributed by atoms with Crippen LogP contribution >= 0.6 is 15.9 Å². The minimum absolute atomic E-state index is 0.114. The van der Waals surface area contributed by atoms with Gasteiger partial charge in [0.15, 0.2) is 0 Å². The van der Waals surface area contributed by atoms with Gasteiger partial charge in [-0.05, 0) is 34.1 Å². The van der Waals surface area contributed by atoms with Crippen molar-refractivity contribution in [3.05, 3.63) is 28.2 Å². The van der Waals surface area contributed by atoms with Crippen molar-refractivity contribution in [1.29, 1.82) is 5.26 Å². The molecule has 1 rings (SSSR count). The number of carboxylic acids is 1. The zero-order chi connectivity index (χ0) is 15.1. The summed E-state index contributed by atoms with van der Waals surface area (Å²) in [6.07, 6.45) is 4.91. The standard InChI is InChI=1S/C13H10BrN3O3/c1-2-3-11(12(18)19)17-13(20)16-10-5-4-8(7-15)6-9(10)14/h1,4-6,11H,3H2,(H,18,19)(H2,16,17,20). The summed E-state index contributed by atoms with van der Waals surface area (Å²) in [5, 5.41) is 22.3. The summed E-state index contributed by atoms with van der Waals surface area (Å²) < 4.78 is 0.510. The van der Waals surface area contributed by atoms with Gasteiger partial charge in [0.1, 0.15) is 6.04 Å². The van der Waals surface area contributed by atoms with Gasteiger partial charge < -0.3 is 15.7 Å². The molecular formula is C13H10BrN3O3. The van der Waals surface area contributed by atoms with Crippen LogP contribution in [0.2, 0.25) is 0 Å². The monoisotopic (exact) mass is 335 g/mol. The largest absolute Gasteiger partial charge is 0.480 e. The maximum atomic E-state index is 11.7. The molecule has 0 saturated heterocycles. The van der Waals surface area contributed by atoms with E-state index in [4.69, 9.17) is 16.8 Å². The SMILES string of the molecule is C#CCC(NC(=O)Nc1ccc(C#N)cc1Br)C(=O)O. The first-order valence-corrected chi connectivity index (χ1v) is 6.20. The number of urea groups is 1. The second-order valence-electron chi connectivity index (χ2n) is 3.70. The number of anilines is 1. The summed E-state index contributed by atoms with van der Waals surface area (Å²) in [4.78, 5) is 22.5. The minimum Gasteiger partial charge on any atom is -0.480 e. The van der Waals surface area contributed by atoms with Crippen LogP contribution in [-0.4, -0.2) is 23.1 Å². The molecule has 1 unspecified atom stereocenters. The molecular weight excluding hydrogens is 326 g/mol. The highest BCUT2D eigenvalue weighted by atomic mass is 79.9. The number of hydrogen-bond donors (Lipinski definition) is 3. The summed E-state index contributed by atoms with van der Waals surface area (Å²) >= 11 is 3.20. The van der Waals surface area contributed by atoms with Crippen molar-refractivity contribution in [3.63, 3.8) is 0 Å². The summed E-state index contributed by atoms with van der Waals surface area (Å²) in [5.41, 5.74) is 0.838. The van der Waals surface area contributed by atoms with E-state index in [9.17, 15) is 9.59 Å². The lowest BCUT2D eigenvalue weighted by molar-refractivity contribution is -0.139. The van der Waals surface area contributed by atoms with E-state index in [2.05, 4.69) is 32.5 Å². The van der Waals surface area contributed by atoms with Crippen molar-refractivity contribution in [2.75, 3.05) is 5.32 Å². The average molecular weight is 336 g/mol. The van der Waals surface area contributed by atoms with Crippen molar-refractivity contribution in [2.45, 2.75) is 12.5 Å². The number of nitrogens with one attached hydrogen (secondary N) is 2. The molecule has 0 radical (unpaired) electrons. The zero-order valence-electron chi connectivity index (χ0n) is 10.2. The molecule has 20 heavy (non-hydrogen) atoms. The topological polar surface area (TPSA) is 102 Å². The van der Waals surface area contributed by atoms with Gasteiger partial charge in [0.25, 0.3) is 0 Å². The Balaban J connectivity index is 2.74. The fourth-order valence-corrected chi connectivity index (χ4v) is 1.80. The van der Waals surface area contributed by atoms with Crippen LogP contribution in [0.25, 0.3) is 0 Å². The Labute approximate surface area is 123 Å². The summed E-state index contributed by atoms with van der Waals surface area (Å²) in [7, 11) is 0. The van der Waals surface area contributed by atoms with E-state index in [-0.39, 0.29) is 6.42 Å². The molecule has 0 saturated carbocycles. The van der Waals surface area contributed by atoms with Gasteiger partial charge in [-0.2, -0.15) is 5.26 Å². The Bertz CT molecular complexity index is 616. The molecule has 6 nitrogen and oxygen atoms in total. The first-order valence-electron chi connectivity index (χ1n) is 5.41. The Morgan fingerprint density at radius 1 is 1.50 bits per heavy atom. The van der Waals surface area contributed by atoms with E-state index in [0.29, 0.717) is 15.7 Å². The third-order valence-corrected chi connectivity index (χ3v) is 2.93. The van der Waals surface area contributed by atoms with Gasteiger partial charge in [-0.15, -0.1) is 12.3 Å². The Morgan fingerprint density at radius 3 is 2.70 bits per heavy atom. The van der Waals surface area contributed by atoms with Crippen molar-refractivity contribution in [2.24, 2.45) is 0 Å². The van der Waals surface area contributed by atoms with Crippen LogP contribution in [0.5, 0.6) is 0 Å². The van der Waals surface area contributed by atoms with Crippen LogP contribution < -0.4 is 10.6 Å². The first kappa shape index (κ1) is 15.5. The molecule has 1 aromatic rings. The van der Waals surface area contributed by atoms with E-state index in [1.807, 2.05) is 6.07 Å². The second kappa shape index (κ2) is 7.17. The molecule has 0 spiro atoms. The van der Waals surface area contributed by atoms with Crippen molar-refractivity contribution < 1.29 is 14.7 Å². The average Bonchev–Trinajstić information content (AvgIpc) is 2.40. The van der Waals surface area contributed by atoms with Gasteiger partial charge >= 0.3 is 12.0 Å². The molecule has 0 aromatic heterocycles. The van der Waals surface area contributed by atoms with Crippen LogP contribution in [-0.2, 0) is 4.79 Å². The molecule has 0 fully saturated rings. The van der Waals surface area contributed by atoms with Gasteiger partial charge in [0, 0.05) is 10.9 Å². The number of halogens is 1. The van der Waals surface area contributed by atoms with Crippen molar-refractivity contribution in [3.8, 4) is 18.4 Å². The molecule has 0 bridgehead atoms. The third kappa shape index (κ3) is 4.30. The van der Waals surface area contributed by atoms with Crippen LogP contribution in [0.3, 0.4) is 0 Å². The van der Waals surface area contributed by atoms with Crippen LogP contribution in [0.15, 0.2) is 22.7 Å². The Kier molecular flexibility index (Phi) is 5.57. The maximum Gasteiger partial charge on any atom is 0.327 e. The Hall–Kier alpha value is -2.51. The fourth-order valence-electron chi connectivity index (χ4n) is 1.32. The molecule has 3 N–H and O–H groups in total. The van der Waals surface area contributed by atoms with Crippen LogP contribution in [0.4, 0.5) is 10.5 Å². The van der Waals surface area contributed by atoms with Gasteiger partial charge in [0.2, 0.25) is 0 Å². The number of amides is 2. The normalized spacial score (nSPS) is 10.8. The molecule has 102 valence electrons. The smallest absolute Gasteiger partial charge is 0.327 e. The molecule has 2 amide bonds.